The van der Waals surface area contributed by atoms with Gasteiger partial charge in [-0.1, -0.05) is 42.5 Å². The van der Waals surface area contributed by atoms with E-state index in [4.69, 9.17) is 10.5 Å². The Morgan fingerprint density at radius 1 is 1.05 bits per heavy atom. The fraction of sp³-hybridized carbons (Fsp3) is 0.333. The third-order valence-electron chi connectivity index (χ3n) is 4.81. The van der Waals surface area contributed by atoms with Crippen LogP contribution in [0.25, 0.3) is 0 Å². The number of fused-ring (bicyclic) bond motifs is 1. The summed E-state index contributed by atoms with van der Waals surface area (Å²) >= 11 is 0. The summed E-state index contributed by atoms with van der Waals surface area (Å²) in [6.45, 7) is 0.803. The van der Waals surface area contributed by atoms with Gasteiger partial charge in [-0.05, 0) is 35.6 Å². The highest BCUT2D eigenvalue weighted by molar-refractivity contribution is 5.44. The predicted octanol–water partition coefficient (Wildman–Crippen LogP) is 3.35. The molecule has 1 saturated carbocycles. The molecule has 0 spiro atoms. The van der Waals surface area contributed by atoms with Gasteiger partial charge in [0, 0.05) is 17.9 Å². The minimum Gasteiger partial charge on any atom is -0.493 e. The van der Waals surface area contributed by atoms with E-state index in [0.29, 0.717) is 0 Å². The molecule has 2 aromatic carbocycles. The van der Waals surface area contributed by atoms with Gasteiger partial charge in [0.2, 0.25) is 0 Å². The quantitative estimate of drug-likeness (QED) is 0.923. The minimum absolute atomic E-state index is 0.0794. The molecule has 20 heavy (non-hydrogen) atoms. The predicted molar refractivity (Wildman–Crippen MR) is 79.9 cm³/mol. The molecule has 1 unspecified atom stereocenters. The molecule has 1 aliphatic heterocycles. The molecule has 1 heterocycles. The Kier molecular flexibility index (Phi) is 2.61. The normalized spacial score (nSPS) is 20.1. The molecule has 1 aliphatic carbocycles. The molecule has 0 bridgehead atoms. The average Bonchev–Trinajstić information content (AvgIpc) is 3.18. The van der Waals surface area contributed by atoms with Gasteiger partial charge in [-0.2, -0.15) is 0 Å². The summed E-state index contributed by atoms with van der Waals surface area (Å²) in [4.78, 5) is 0. The van der Waals surface area contributed by atoms with Crippen LogP contribution < -0.4 is 10.5 Å². The Morgan fingerprint density at radius 2 is 1.85 bits per heavy atom. The zero-order valence-corrected chi connectivity index (χ0v) is 11.5. The Hall–Kier alpha value is -1.80. The Bertz CT molecular complexity index is 631. The lowest BCUT2D eigenvalue weighted by Gasteiger charge is -2.24. The smallest absolute Gasteiger partial charge is 0.122 e. The van der Waals surface area contributed by atoms with Crippen molar-refractivity contribution in [2.24, 2.45) is 5.73 Å². The Labute approximate surface area is 119 Å². The molecule has 2 aliphatic rings. The summed E-state index contributed by atoms with van der Waals surface area (Å²) in [6, 6.07) is 17.3. The van der Waals surface area contributed by atoms with Crippen LogP contribution in [0.1, 0.15) is 35.6 Å². The zero-order chi connectivity index (χ0) is 13.6. The topological polar surface area (TPSA) is 35.2 Å². The van der Waals surface area contributed by atoms with E-state index >= 15 is 0 Å². The summed E-state index contributed by atoms with van der Waals surface area (Å²) in [6.07, 6.45) is 3.38. The van der Waals surface area contributed by atoms with Crippen molar-refractivity contribution in [1.29, 1.82) is 0 Å². The van der Waals surface area contributed by atoms with Crippen molar-refractivity contribution >= 4 is 0 Å². The molecule has 0 aromatic heterocycles. The molecule has 1 atom stereocenters. The lowest BCUT2D eigenvalue weighted by molar-refractivity contribution is 0.356. The van der Waals surface area contributed by atoms with Crippen LogP contribution in [-0.2, 0) is 11.8 Å². The molecule has 0 radical (unpaired) electrons. The summed E-state index contributed by atoms with van der Waals surface area (Å²) in [5.41, 5.74) is 10.7. The van der Waals surface area contributed by atoms with E-state index in [-0.39, 0.29) is 11.5 Å². The number of rotatable bonds is 3. The standard InChI is InChI=1S/C18H19NO/c19-17(14-6-7-16-13(12-14)8-11-20-16)18(9-10-18)15-4-2-1-3-5-15/h1-7,12,17H,8-11,19H2. The lowest BCUT2D eigenvalue weighted by atomic mass is 9.84. The Morgan fingerprint density at radius 3 is 2.60 bits per heavy atom. The van der Waals surface area contributed by atoms with E-state index < -0.39 is 0 Å². The molecule has 102 valence electrons. The molecule has 2 N–H and O–H groups in total. The van der Waals surface area contributed by atoms with Gasteiger partial charge >= 0.3 is 0 Å². The van der Waals surface area contributed by atoms with Gasteiger partial charge < -0.3 is 10.5 Å². The highest BCUT2D eigenvalue weighted by atomic mass is 16.5. The largest absolute Gasteiger partial charge is 0.493 e. The van der Waals surface area contributed by atoms with E-state index in [1.807, 2.05) is 0 Å². The van der Waals surface area contributed by atoms with Gasteiger partial charge in [0.25, 0.3) is 0 Å². The number of benzene rings is 2. The van der Waals surface area contributed by atoms with Crippen molar-refractivity contribution in [3.05, 3.63) is 65.2 Å². The first-order chi connectivity index (χ1) is 9.79. The van der Waals surface area contributed by atoms with Crippen LogP contribution in [0, 0.1) is 0 Å². The monoisotopic (exact) mass is 265 g/mol. The van der Waals surface area contributed by atoms with Crippen LogP contribution in [0.4, 0.5) is 0 Å². The van der Waals surface area contributed by atoms with Gasteiger partial charge in [0.15, 0.2) is 0 Å². The first-order valence-electron chi connectivity index (χ1n) is 7.36. The van der Waals surface area contributed by atoms with Gasteiger partial charge in [0.05, 0.1) is 6.61 Å². The van der Waals surface area contributed by atoms with E-state index in [1.165, 1.54) is 29.5 Å². The fourth-order valence-corrected chi connectivity index (χ4v) is 3.40. The van der Waals surface area contributed by atoms with E-state index in [2.05, 4.69) is 48.5 Å². The van der Waals surface area contributed by atoms with Crippen molar-refractivity contribution in [3.63, 3.8) is 0 Å². The molecule has 4 rings (SSSR count). The Balaban J connectivity index is 1.69. The molecule has 1 fully saturated rings. The van der Waals surface area contributed by atoms with Gasteiger partial charge in [-0.25, -0.2) is 0 Å². The van der Waals surface area contributed by atoms with Crippen LogP contribution in [0.5, 0.6) is 5.75 Å². The third-order valence-corrected chi connectivity index (χ3v) is 4.81. The van der Waals surface area contributed by atoms with E-state index in [0.717, 1.165) is 18.8 Å². The van der Waals surface area contributed by atoms with Crippen molar-refractivity contribution in [3.8, 4) is 5.75 Å². The maximum Gasteiger partial charge on any atom is 0.122 e. The lowest BCUT2D eigenvalue weighted by Crippen LogP contribution is -2.26. The second-order valence-corrected chi connectivity index (χ2v) is 5.97. The van der Waals surface area contributed by atoms with Gasteiger partial charge in [-0.3, -0.25) is 0 Å². The van der Waals surface area contributed by atoms with Crippen LogP contribution in [0.15, 0.2) is 48.5 Å². The van der Waals surface area contributed by atoms with Gasteiger partial charge in [-0.15, -0.1) is 0 Å². The maximum atomic E-state index is 6.62. The van der Waals surface area contributed by atoms with Gasteiger partial charge in [0.1, 0.15) is 5.75 Å². The maximum absolute atomic E-state index is 6.62. The highest BCUT2D eigenvalue weighted by Gasteiger charge is 2.49. The molecule has 2 aromatic rings. The van der Waals surface area contributed by atoms with Crippen molar-refractivity contribution in [2.45, 2.75) is 30.7 Å². The zero-order valence-electron chi connectivity index (χ0n) is 11.5. The molecular formula is C18H19NO. The van der Waals surface area contributed by atoms with Crippen LogP contribution in [0.2, 0.25) is 0 Å². The van der Waals surface area contributed by atoms with Crippen LogP contribution in [0.3, 0.4) is 0 Å². The number of nitrogens with two attached hydrogens (primary N) is 1. The second-order valence-electron chi connectivity index (χ2n) is 5.97. The second kappa shape index (κ2) is 4.35. The number of ether oxygens (including phenoxy) is 1. The van der Waals surface area contributed by atoms with Crippen molar-refractivity contribution in [1.82, 2.24) is 0 Å². The molecule has 2 heteroatoms. The number of hydrogen-bond donors (Lipinski definition) is 1. The molecule has 2 nitrogen and oxygen atoms in total. The summed E-state index contributed by atoms with van der Waals surface area (Å²) in [5.74, 6) is 1.03. The van der Waals surface area contributed by atoms with E-state index in [9.17, 15) is 0 Å². The number of hydrogen-bond acceptors (Lipinski definition) is 2. The molecule has 0 amide bonds. The third kappa shape index (κ3) is 1.75. The van der Waals surface area contributed by atoms with Crippen molar-refractivity contribution < 1.29 is 4.74 Å². The summed E-state index contributed by atoms with van der Waals surface area (Å²) in [7, 11) is 0. The first kappa shape index (κ1) is 12.0. The SMILES string of the molecule is NC(c1ccc2c(c1)CCO2)C1(c2ccccc2)CC1. The summed E-state index contributed by atoms with van der Waals surface area (Å²) in [5, 5.41) is 0. The molecule has 0 saturated heterocycles. The highest BCUT2D eigenvalue weighted by Crippen LogP contribution is 2.55. The van der Waals surface area contributed by atoms with Crippen LogP contribution in [-0.4, -0.2) is 6.61 Å². The molecular weight excluding hydrogens is 246 g/mol. The minimum atomic E-state index is 0.0794. The van der Waals surface area contributed by atoms with Crippen molar-refractivity contribution in [2.75, 3.05) is 6.61 Å². The van der Waals surface area contributed by atoms with E-state index in [1.54, 1.807) is 0 Å². The average molecular weight is 265 g/mol. The first-order valence-corrected chi connectivity index (χ1v) is 7.36. The summed E-state index contributed by atoms with van der Waals surface area (Å²) < 4.78 is 5.58. The van der Waals surface area contributed by atoms with Crippen LogP contribution >= 0.6 is 0 Å². The fourth-order valence-electron chi connectivity index (χ4n) is 3.40.